The van der Waals surface area contributed by atoms with E-state index in [2.05, 4.69) is 21.2 Å². The van der Waals surface area contributed by atoms with Crippen LogP contribution in [-0.4, -0.2) is 34.6 Å². The van der Waals surface area contributed by atoms with Crippen LogP contribution in [0.15, 0.2) is 22.7 Å². The van der Waals surface area contributed by atoms with Gasteiger partial charge in [-0.2, -0.15) is 0 Å². The van der Waals surface area contributed by atoms with Crippen LogP contribution in [0.1, 0.15) is 33.6 Å². The zero-order valence-corrected chi connectivity index (χ0v) is 11.8. The number of nitrogens with zero attached hydrogens (tertiary/aromatic N) is 1. The number of imide groups is 2. The summed E-state index contributed by atoms with van der Waals surface area (Å²) >= 11 is 3.24. The lowest BCUT2D eigenvalue weighted by atomic mass is 10.0. The average Bonchev–Trinajstić information content (AvgIpc) is 2.64. The molecule has 1 aromatic rings. The molecule has 2 aliphatic heterocycles. The van der Waals surface area contributed by atoms with Gasteiger partial charge >= 0.3 is 0 Å². The maximum Gasteiger partial charge on any atom is 0.263 e. The summed E-state index contributed by atoms with van der Waals surface area (Å²) in [7, 11) is 0. The molecular formula is C13H9BrN2O4. The van der Waals surface area contributed by atoms with Crippen LogP contribution >= 0.6 is 15.9 Å². The van der Waals surface area contributed by atoms with E-state index in [4.69, 9.17) is 0 Å². The number of piperidine rings is 1. The average molecular weight is 337 g/mol. The molecule has 1 unspecified atom stereocenters. The lowest BCUT2D eigenvalue weighted by molar-refractivity contribution is -0.136. The van der Waals surface area contributed by atoms with Crippen LogP contribution in [0.5, 0.6) is 0 Å². The molecule has 1 saturated heterocycles. The van der Waals surface area contributed by atoms with Crippen LogP contribution in [-0.2, 0) is 9.59 Å². The molecule has 3 rings (SSSR count). The van der Waals surface area contributed by atoms with Crippen molar-refractivity contribution < 1.29 is 19.2 Å². The second-order valence-electron chi connectivity index (χ2n) is 4.61. The van der Waals surface area contributed by atoms with Gasteiger partial charge < -0.3 is 0 Å². The normalized spacial score (nSPS) is 22.1. The fraction of sp³-hybridized carbons (Fsp3) is 0.231. The van der Waals surface area contributed by atoms with Gasteiger partial charge in [0.2, 0.25) is 11.8 Å². The Morgan fingerprint density at radius 2 is 1.90 bits per heavy atom. The molecule has 6 nitrogen and oxygen atoms in total. The Kier molecular flexibility index (Phi) is 2.93. The lowest BCUT2D eigenvalue weighted by Gasteiger charge is -2.27. The van der Waals surface area contributed by atoms with Crippen molar-refractivity contribution in [3.8, 4) is 0 Å². The van der Waals surface area contributed by atoms with Crippen molar-refractivity contribution >= 4 is 39.6 Å². The van der Waals surface area contributed by atoms with E-state index in [1.54, 1.807) is 18.2 Å². The molecule has 4 amide bonds. The summed E-state index contributed by atoms with van der Waals surface area (Å²) in [4.78, 5) is 48.6. The highest BCUT2D eigenvalue weighted by atomic mass is 79.9. The van der Waals surface area contributed by atoms with E-state index in [-0.39, 0.29) is 29.9 Å². The molecule has 7 heteroatoms. The van der Waals surface area contributed by atoms with Crippen LogP contribution < -0.4 is 5.32 Å². The minimum atomic E-state index is -0.924. The van der Waals surface area contributed by atoms with Crippen molar-refractivity contribution in [3.05, 3.63) is 33.8 Å². The molecule has 0 aromatic heterocycles. The summed E-state index contributed by atoms with van der Waals surface area (Å²) in [6.07, 6.45) is 0.277. The highest BCUT2D eigenvalue weighted by Crippen LogP contribution is 2.32. The molecule has 0 radical (unpaired) electrons. The number of hydrogen-bond acceptors (Lipinski definition) is 4. The molecule has 20 heavy (non-hydrogen) atoms. The summed E-state index contributed by atoms with van der Waals surface area (Å²) < 4.78 is 0.517. The van der Waals surface area contributed by atoms with Gasteiger partial charge in [-0.3, -0.25) is 29.4 Å². The molecule has 0 bridgehead atoms. The van der Waals surface area contributed by atoms with Crippen LogP contribution in [0.25, 0.3) is 0 Å². The second-order valence-corrected chi connectivity index (χ2v) is 5.46. The first kappa shape index (κ1) is 13.0. The Bertz CT molecular complexity index is 670. The molecule has 102 valence electrons. The van der Waals surface area contributed by atoms with Gasteiger partial charge in [0.25, 0.3) is 11.8 Å². The number of carbonyl (C=O) groups is 4. The molecule has 1 aromatic carbocycles. The van der Waals surface area contributed by atoms with Crippen molar-refractivity contribution in [1.29, 1.82) is 0 Å². The van der Waals surface area contributed by atoms with Gasteiger partial charge in [0, 0.05) is 10.9 Å². The molecule has 2 heterocycles. The van der Waals surface area contributed by atoms with Gasteiger partial charge in [-0.25, -0.2) is 0 Å². The van der Waals surface area contributed by atoms with Crippen LogP contribution in [0.2, 0.25) is 0 Å². The van der Waals surface area contributed by atoms with E-state index in [0.717, 1.165) is 4.90 Å². The zero-order valence-electron chi connectivity index (χ0n) is 10.2. The fourth-order valence-corrected chi connectivity index (χ4v) is 3.01. The van der Waals surface area contributed by atoms with E-state index in [1.807, 2.05) is 0 Å². The number of halogens is 1. The standard InChI is InChI=1S/C13H9BrN2O4/c14-7-3-1-2-6-10(7)13(20)16(12(6)19)8-4-5-9(17)15-11(8)18/h1-3,8H,4-5H2,(H,15,17,18). The molecule has 1 fully saturated rings. The smallest absolute Gasteiger partial charge is 0.263 e. The summed E-state index contributed by atoms with van der Waals surface area (Å²) in [6, 6.07) is 3.94. The number of amides is 4. The Morgan fingerprint density at radius 3 is 2.55 bits per heavy atom. The van der Waals surface area contributed by atoms with Gasteiger partial charge in [-0.05, 0) is 34.5 Å². The number of carbonyl (C=O) groups excluding carboxylic acids is 4. The maximum atomic E-state index is 12.4. The van der Waals surface area contributed by atoms with Crippen molar-refractivity contribution in [3.63, 3.8) is 0 Å². The van der Waals surface area contributed by atoms with Crippen LogP contribution in [0.4, 0.5) is 0 Å². The van der Waals surface area contributed by atoms with Crippen molar-refractivity contribution in [2.24, 2.45) is 0 Å². The van der Waals surface area contributed by atoms with E-state index in [0.29, 0.717) is 4.47 Å². The Labute approximate surface area is 122 Å². The highest BCUT2D eigenvalue weighted by Gasteiger charge is 2.45. The SMILES string of the molecule is O=C1CCC(N2C(=O)c3cccc(Br)c3C2=O)C(=O)N1. The lowest BCUT2D eigenvalue weighted by Crippen LogP contribution is -2.54. The first-order valence-electron chi connectivity index (χ1n) is 6.01. The van der Waals surface area contributed by atoms with Gasteiger partial charge in [0.1, 0.15) is 6.04 Å². The summed E-state index contributed by atoms with van der Waals surface area (Å²) in [6.45, 7) is 0. The monoisotopic (exact) mass is 336 g/mol. The van der Waals surface area contributed by atoms with Crippen LogP contribution in [0, 0.1) is 0 Å². The molecule has 1 N–H and O–H groups in total. The van der Waals surface area contributed by atoms with E-state index in [9.17, 15) is 19.2 Å². The third-order valence-electron chi connectivity index (χ3n) is 3.42. The van der Waals surface area contributed by atoms with Crippen LogP contribution in [0.3, 0.4) is 0 Å². The first-order chi connectivity index (χ1) is 9.50. The second kappa shape index (κ2) is 4.52. The number of hydrogen-bond donors (Lipinski definition) is 1. The van der Waals surface area contributed by atoms with Gasteiger partial charge in [0.05, 0.1) is 11.1 Å². The Morgan fingerprint density at radius 1 is 1.15 bits per heavy atom. The first-order valence-corrected chi connectivity index (χ1v) is 6.80. The highest BCUT2D eigenvalue weighted by molar-refractivity contribution is 9.10. The van der Waals surface area contributed by atoms with Gasteiger partial charge in [-0.15, -0.1) is 0 Å². The molecule has 0 saturated carbocycles. The predicted octanol–water partition coefficient (Wildman–Crippen LogP) is 0.850. The van der Waals surface area contributed by atoms with Gasteiger partial charge in [0.15, 0.2) is 0 Å². The fourth-order valence-electron chi connectivity index (χ4n) is 2.47. The maximum absolute atomic E-state index is 12.4. The third-order valence-corrected chi connectivity index (χ3v) is 4.08. The Hall–Kier alpha value is -2.02. The van der Waals surface area contributed by atoms with Crippen molar-refractivity contribution in [2.75, 3.05) is 0 Å². The minimum absolute atomic E-state index is 0.116. The van der Waals surface area contributed by atoms with Crippen molar-refractivity contribution in [2.45, 2.75) is 18.9 Å². The largest absolute Gasteiger partial charge is 0.295 e. The van der Waals surface area contributed by atoms with Gasteiger partial charge in [-0.1, -0.05) is 6.07 Å². The molecule has 0 aliphatic carbocycles. The number of benzene rings is 1. The number of nitrogens with one attached hydrogen (secondary N) is 1. The van der Waals surface area contributed by atoms with E-state index in [1.165, 1.54) is 0 Å². The summed E-state index contributed by atoms with van der Waals surface area (Å²) in [5.41, 5.74) is 0.538. The summed E-state index contributed by atoms with van der Waals surface area (Å²) in [5.74, 6) is -2.00. The van der Waals surface area contributed by atoms with Crippen molar-refractivity contribution in [1.82, 2.24) is 10.2 Å². The van der Waals surface area contributed by atoms with E-state index >= 15 is 0 Å². The molecule has 1 atom stereocenters. The Balaban J connectivity index is 2.00. The molecule has 0 spiro atoms. The predicted molar refractivity (Wildman–Crippen MR) is 70.8 cm³/mol. The molecular weight excluding hydrogens is 328 g/mol. The van der Waals surface area contributed by atoms with E-state index < -0.39 is 23.8 Å². The topological polar surface area (TPSA) is 83.6 Å². The molecule has 2 aliphatic rings. The quantitative estimate of drug-likeness (QED) is 0.770. The number of fused-ring (bicyclic) bond motifs is 1. The zero-order chi connectivity index (χ0) is 14.4. The third kappa shape index (κ3) is 1.77. The summed E-state index contributed by atoms with van der Waals surface area (Å²) in [5, 5.41) is 2.15. The number of rotatable bonds is 1. The minimum Gasteiger partial charge on any atom is -0.295 e.